The van der Waals surface area contributed by atoms with Crippen LogP contribution in [-0.2, 0) is 0 Å². The van der Waals surface area contributed by atoms with Crippen molar-refractivity contribution in [3.05, 3.63) is 48.0 Å². The molecule has 0 spiro atoms. The second kappa shape index (κ2) is 6.27. The predicted octanol–water partition coefficient (Wildman–Crippen LogP) is 1.84. The molecule has 2 heterocycles. The van der Waals surface area contributed by atoms with Crippen LogP contribution in [0, 0.1) is 5.82 Å². The maximum absolute atomic E-state index is 13.3. The Morgan fingerprint density at radius 3 is 3.05 bits per heavy atom. The van der Waals surface area contributed by atoms with E-state index in [2.05, 4.69) is 10.4 Å². The average Bonchev–Trinajstić information content (AvgIpc) is 3.04. The van der Waals surface area contributed by atoms with E-state index in [4.69, 9.17) is 0 Å². The molecule has 0 aliphatic carbocycles. The van der Waals surface area contributed by atoms with Crippen molar-refractivity contribution < 1.29 is 9.18 Å². The van der Waals surface area contributed by atoms with Crippen LogP contribution in [0.1, 0.15) is 23.3 Å². The van der Waals surface area contributed by atoms with E-state index in [1.807, 2.05) is 11.9 Å². The van der Waals surface area contributed by atoms with E-state index in [0.717, 1.165) is 19.4 Å². The molecular formula is C16H19FN4O. The van der Waals surface area contributed by atoms with E-state index in [9.17, 15) is 9.18 Å². The van der Waals surface area contributed by atoms with Gasteiger partial charge in [-0.2, -0.15) is 5.10 Å². The van der Waals surface area contributed by atoms with Crippen molar-refractivity contribution in [3.63, 3.8) is 0 Å². The largest absolute Gasteiger partial charge is 0.336 e. The Labute approximate surface area is 128 Å². The third-order valence-electron chi connectivity index (χ3n) is 4.00. The Morgan fingerprint density at radius 1 is 1.41 bits per heavy atom. The van der Waals surface area contributed by atoms with Crippen molar-refractivity contribution >= 4 is 5.91 Å². The number of carbonyl (C=O) groups excluding carboxylic acids is 1. The summed E-state index contributed by atoms with van der Waals surface area (Å²) in [6.45, 7) is 1.45. The lowest BCUT2D eigenvalue weighted by molar-refractivity contribution is 0.0691. The number of likely N-dealkylation sites (tertiary alicyclic amines) is 1. The number of amides is 1. The first kappa shape index (κ1) is 14.7. The molecule has 1 aliphatic rings. The molecule has 22 heavy (non-hydrogen) atoms. The summed E-state index contributed by atoms with van der Waals surface area (Å²) < 4.78 is 14.8. The van der Waals surface area contributed by atoms with Gasteiger partial charge < -0.3 is 10.2 Å². The number of hydrogen-bond acceptors (Lipinski definition) is 3. The van der Waals surface area contributed by atoms with Gasteiger partial charge in [-0.15, -0.1) is 0 Å². The molecule has 1 aliphatic heterocycles. The van der Waals surface area contributed by atoms with Crippen LogP contribution in [0.3, 0.4) is 0 Å². The normalized spacial score (nSPS) is 18.5. The molecule has 0 bridgehead atoms. The van der Waals surface area contributed by atoms with Gasteiger partial charge in [0.1, 0.15) is 5.82 Å². The molecule has 0 saturated carbocycles. The minimum absolute atomic E-state index is 0.0740. The number of carbonyl (C=O) groups is 1. The van der Waals surface area contributed by atoms with E-state index in [1.54, 1.807) is 24.4 Å². The smallest absolute Gasteiger partial charge is 0.274 e. The van der Waals surface area contributed by atoms with Gasteiger partial charge in [-0.25, -0.2) is 9.07 Å². The fourth-order valence-corrected chi connectivity index (χ4v) is 2.76. The number of hydrogen-bond donors (Lipinski definition) is 1. The van der Waals surface area contributed by atoms with Crippen LogP contribution in [0.15, 0.2) is 36.5 Å². The van der Waals surface area contributed by atoms with Crippen molar-refractivity contribution in [2.45, 2.75) is 18.9 Å². The first-order valence-electron chi connectivity index (χ1n) is 7.45. The third kappa shape index (κ3) is 3.01. The summed E-state index contributed by atoms with van der Waals surface area (Å²) in [4.78, 5) is 14.3. The van der Waals surface area contributed by atoms with Gasteiger partial charge in [-0.3, -0.25) is 4.79 Å². The van der Waals surface area contributed by atoms with E-state index < -0.39 is 0 Å². The van der Waals surface area contributed by atoms with Crippen LogP contribution in [0.25, 0.3) is 5.69 Å². The van der Waals surface area contributed by atoms with Crippen molar-refractivity contribution in [1.29, 1.82) is 0 Å². The first-order valence-corrected chi connectivity index (χ1v) is 7.45. The summed E-state index contributed by atoms with van der Waals surface area (Å²) in [7, 11) is 1.91. The second-order valence-corrected chi connectivity index (χ2v) is 5.50. The zero-order chi connectivity index (χ0) is 15.5. The van der Waals surface area contributed by atoms with Crippen molar-refractivity contribution in [2.24, 2.45) is 0 Å². The molecule has 1 fully saturated rings. The van der Waals surface area contributed by atoms with Crippen LogP contribution in [0.4, 0.5) is 4.39 Å². The average molecular weight is 302 g/mol. The van der Waals surface area contributed by atoms with E-state index >= 15 is 0 Å². The molecule has 5 nitrogen and oxygen atoms in total. The van der Waals surface area contributed by atoms with Gasteiger partial charge in [0.05, 0.1) is 5.69 Å². The Balaban J connectivity index is 1.77. The SMILES string of the molecule is CN[C@H]1CCCN(C(=O)c2ccn(-c3cccc(F)c3)n2)C1. The molecule has 1 amide bonds. The van der Waals surface area contributed by atoms with E-state index in [-0.39, 0.29) is 11.7 Å². The lowest BCUT2D eigenvalue weighted by atomic mass is 10.1. The lowest BCUT2D eigenvalue weighted by Gasteiger charge is -2.32. The minimum atomic E-state index is -0.325. The number of nitrogens with zero attached hydrogens (tertiary/aromatic N) is 3. The maximum Gasteiger partial charge on any atom is 0.274 e. The molecule has 1 atom stereocenters. The Hall–Kier alpha value is -2.21. The van der Waals surface area contributed by atoms with Crippen LogP contribution < -0.4 is 5.32 Å². The molecule has 0 radical (unpaired) electrons. The van der Waals surface area contributed by atoms with Crippen LogP contribution in [-0.4, -0.2) is 46.8 Å². The first-order chi connectivity index (χ1) is 10.7. The summed E-state index contributed by atoms with van der Waals surface area (Å²) in [5.74, 6) is -0.399. The van der Waals surface area contributed by atoms with Crippen LogP contribution in [0.2, 0.25) is 0 Å². The molecule has 6 heteroatoms. The topological polar surface area (TPSA) is 50.2 Å². The fraction of sp³-hybridized carbons (Fsp3) is 0.375. The molecule has 2 aromatic rings. The Bertz CT molecular complexity index is 670. The monoisotopic (exact) mass is 302 g/mol. The zero-order valence-corrected chi connectivity index (χ0v) is 12.5. The van der Waals surface area contributed by atoms with Gasteiger partial charge in [-0.1, -0.05) is 6.07 Å². The summed E-state index contributed by atoms with van der Waals surface area (Å²) >= 11 is 0. The maximum atomic E-state index is 13.3. The third-order valence-corrected chi connectivity index (χ3v) is 4.00. The van der Waals surface area contributed by atoms with Gasteiger partial charge in [0.2, 0.25) is 0 Å². The number of piperidine rings is 1. The molecule has 1 N–H and O–H groups in total. The number of rotatable bonds is 3. The molecule has 3 rings (SSSR count). The van der Waals surface area contributed by atoms with Gasteiger partial charge in [0.25, 0.3) is 5.91 Å². The highest BCUT2D eigenvalue weighted by molar-refractivity contribution is 5.92. The van der Waals surface area contributed by atoms with Crippen LogP contribution in [0.5, 0.6) is 0 Å². The minimum Gasteiger partial charge on any atom is -0.336 e. The van der Waals surface area contributed by atoms with E-state index in [0.29, 0.717) is 24.0 Å². The molecule has 0 unspecified atom stereocenters. The standard InChI is InChI=1S/C16H19FN4O/c1-18-13-5-3-8-20(11-13)16(22)15-7-9-21(19-15)14-6-2-4-12(17)10-14/h2,4,6-7,9-10,13,18H,3,5,8,11H2,1H3/t13-/m0/s1. The summed E-state index contributed by atoms with van der Waals surface area (Å²) in [5, 5.41) is 7.50. The highest BCUT2D eigenvalue weighted by Gasteiger charge is 2.24. The summed E-state index contributed by atoms with van der Waals surface area (Å²) in [6.07, 6.45) is 3.75. The number of halogens is 1. The Morgan fingerprint density at radius 2 is 2.27 bits per heavy atom. The van der Waals surface area contributed by atoms with Gasteiger partial charge in [-0.05, 0) is 44.2 Å². The second-order valence-electron chi connectivity index (χ2n) is 5.50. The van der Waals surface area contributed by atoms with E-state index in [1.165, 1.54) is 16.8 Å². The predicted molar refractivity (Wildman–Crippen MR) is 81.5 cm³/mol. The number of aromatic nitrogens is 2. The van der Waals surface area contributed by atoms with Crippen molar-refractivity contribution in [1.82, 2.24) is 20.0 Å². The highest BCUT2D eigenvalue weighted by atomic mass is 19.1. The van der Waals surface area contributed by atoms with Gasteiger partial charge in [0, 0.05) is 25.3 Å². The van der Waals surface area contributed by atoms with Gasteiger partial charge >= 0.3 is 0 Å². The lowest BCUT2D eigenvalue weighted by Crippen LogP contribution is -2.47. The van der Waals surface area contributed by atoms with Crippen molar-refractivity contribution in [3.8, 4) is 5.69 Å². The number of nitrogens with one attached hydrogen (secondary N) is 1. The molecule has 1 aromatic heterocycles. The fourth-order valence-electron chi connectivity index (χ4n) is 2.76. The summed E-state index contributed by atoms with van der Waals surface area (Å²) in [6, 6.07) is 8.15. The molecule has 1 aromatic carbocycles. The molecule has 116 valence electrons. The zero-order valence-electron chi connectivity index (χ0n) is 12.5. The van der Waals surface area contributed by atoms with Crippen molar-refractivity contribution in [2.75, 3.05) is 20.1 Å². The number of likely N-dealkylation sites (N-methyl/N-ethyl adjacent to an activating group) is 1. The van der Waals surface area contributed by atoms with Crippen LogP contribution >= 0.6 is 0 Å². The molecular weight excluding hydrogens is 283 g/mol. The summed E-state index contributed by atoms with van der Waals surface area (Å²) in [5.41, 5.74) is 0.992. The van der Waals surface area contributed by atoms with Gasteiger partial charge in [0.15, 0.2) is 5.69 Å². The molecule has 1 saturated heterocycles. The quantitative estimate of drug-likeness (QED) is 0.941. The Kier molecular flexibility index (Phi) is 4.20. The highest BCUT2D eigenvalue weighted by Crippen LogP contribution is 2.14. The number of benzene rings is 1.